The molecule has 1 heterocycles. The van der Waals surface area contributed by atoms with Gasteiger partial charge in [0.1, 0.15) is 18.4 Å². The van der Waals surface area contributed by atoms with Crippen LogP contribution in [0.25, 0.3) is 16.3 Å². The van der Waals surface area contributed by atoms with E-state index in [1.165, 1.54) is 11.8 Å². The van der Waals surface area contributed by atoms with Gasteiger partial charge >= 0.3 is 0 Å². The molecule has 6 heteroatoms. The molecule has 142 valence electrons. The lowest BCUT2D eigenvalue weighted by Crippen LogP contribution is -1.94. The molecule has 4 rings (SSSR count). The average Bonchev–Trinajstić information content (AvgIpc) is 3.16. The normalized spacial score (nSPS) is 11.4. The van der Waals surface area contributed by atoms with Gasteiger partial charge in [-0.2, -0.15) is 5.26 Å². The number of rotatable bonds is 6. The minimum atomic E-state index is 0.513. The Morgan fingerprint density at radius 2 is 1.83 bits per heavy atom. The van der Waals surface area contributed by atoms with Gasteiger partial charge < -0.3 is 4.74 Å². The van der Waals surface area contributed by atoms with Crippen molar-refractivity contribution in [3.8, 4) is 11.8 Å². The number of halogens is 1. The maximum atomic E-state index is 9.52. The molecule has 29 heavy (non-hydrogen) atoms. The molecule has 0 saturated heterocycles. The fourth-order valence-corrected chi connectivity index (χ4v) is 4.87. The predicted octanol–water partition coefficient (Wildman–Crippen LogP) is 7.29. The Morgan fingerprint density at radius 1 is 1.07 bits per heavy atom. The molecule has 0 fully saturated rings. The number of hydrogen-bond donors (Lipinski definition) is 0. The highest BCUT2D eigenvalue weighted by molar-refractivity contribution is 9.10. The van der Waals surface area contributed by atoms with Crippen molar-refractivity contribution in [3.63, 3.8) is 0 Å². The maximum absolute atomic E-state index is 9.52. The van der Waals surface area contributed by atoms with Crippen LogP contribution in [0.5, 0.6) is 5.75 Å². The molecule has 0 radical (unpaired) electrons. The van der Waals surface area contributed by atoms with E-state index < -0.39 is 0 Å². The van der Waals surface area contributed by atoms with Crippen LogP contribution in [0.2, 0.25) is 0 Å². The fraction of sp³-hybridized carbons (Fsp3) is 0.0435. The predicted molar refractivity (Wildman–Crippen MR) is 124 cm³/mol. The van der Waals surface area contributed by atoms with Crippen LogP contribution in [0, 0.1) is 11.3 Å². The molecule has 4 aromatic rings. The summed E-state index contributed by atoms with van der Waals surface area (Å²) in [5, 5.41) is 9.52. The van der Waals surface area contributed by atoms with Gasteiger partial charge in [0.25, 0.3) is 0 Å². The molecular weight excluding hydrogens is 464 g/mol. The summed E-state index contributed by atoms with van der Waals surface area (Å²) in [5.41, 5.74) is 3.02. The van der Waals surface area contributed by atoms with Crippen LogP contribution >= 0.6 is 39.0 Å². The highest BCUT2D eigenvalue weighted by Gasteiger charge is 2.07. The number of fused-ring (bicyclic) bond motifs is 1. The van der Waals surface area contributed by atoms with Crippen molar-refractivity contribution in [2.45, 2.75) is 10.9 Å². The van der Waals surface area contributed by atoms with Gasteiger partial charge in [0.15, 0.2) is 4.34 Å². The first kappa shape index (κ1) is 19.7. The molecule has 3 nitrogen and oxygen atoms in total. The average molecular weight is 479 g/mol. The minimum Gasteiger partial charge on any atom is -0.489 e. The third-order valence-electron chi connectivity index (χ3n) is 4.08. The third-order valence-corrected chi connectivity index (χ3v) is 6.63. The van der Waals surface area contributed by atoms with Crippen LogP contribution in [0.3, 0.4) is 0 Å². The van der Waals surface area contributed by atoms with E-state index in [9.17, 15) is 5.26 Å². The van der Waals surface area contributed by atoms with Crippen LogP contribution < -0.4 is 4.74 Å². The smallest absolute Gasteiger partial charge is 0.156 e. The van der Waals surface area contributed by atoms with E-state index in [-0.39, 0.29) is 0 Å². The molecule has 3 aromatic carbocycles. The first-order valence-electron chi connectivity index (χ1n) is 8.82. The summed E-state index contributed by atoms with van der Waals surface area (Å²) < 4.78 is 8.88. The molecule has 0 aliphatic heterocycles. The second-order valence-electron chi connectivity index (χ2n) is 6.15. The first-order chi connectivity index (χ1) is 14.2. The third kappa shape index (κ3) is 5.27. The van der Waals surface area contributed by atoms with E-state index in [2.05, 4.69) is 27.0 Å². The summed E-state index contributed by atoms with van der Waals surface area (Å²) in [4.78, 5) is 5.19. The number of thioether (sulfide) groups is 1. The summed E-state index contributed by atoms with van der Waals surface area (Å²) in [6.45, 7) is 0.513. The van der Waals surface area contributed by atoms with E-state index in [0.29, 0.717) is 11.5 Å². The summed E-state index contributed by atoms with van der Waals surface area (Å²) in [6, 6.07) is 26.1. The van der Waals surface area contributed by atoms with Crippen molar-refractivity contribution in [3.05, 3.63) is 93.3 Å². The number of ether oxygens (including phenoxy) is 1. The SMILES string of the molecule is N#CC(=Cc1ccc(OCc2ccc(Br)cc2)cc1)Sc1nc2ccccc2s1. The summed E-state index contributed by atoms with van der Waals surface area (Å²) >= 11 is 6.42. The number of allylic oxidation sites excluding steroid dienone is 1. The lowest BCUT2D eigenvalue weighted by molar-refractivity contribution is 0.306. The number of hydrogen-bond acceptors (Lipinski definition) is 5. The number of aromatic nitrogens is 1. The lowest BCUT2D eigenvalue weighted by Gasteiger charge is -2.07. The molecule has 0 atom stereocenters. The molecule has 0 aliphatic carbocycles. The first-order valence-corrected chi connectivity index (χ1v) is 11.2. The Kier molecular flexibility index (Phi) is 6.30. The molecule has 0 bridgehead atoms. The van der Waals surface area contributed by atoms with Crippen molar-refractivity contribution in [1.82, 2.24) is 4.98 Å². The zero-order valence-electron chi connectivity index (χ0n) is 15.2. The highest BCUT2D eigenvalue weighted by atomic mass is 79.9. The quantitative estimate of drug-likeness (QED) is 0.215. The molecule has 1 aromatic heterocycles. The second kappa shape index (κ2) is 9.27. The molecular formula is C23H15BrN2OS2. The standard InChI is InChI=1S/C23H15BrN2OS2/c24-18-9-5-17(6-10-18)15-27-19-11-7-16(8-12-19)13-20(14-25)28-23-26-21-3-1-2-4-22(21)29-23/h1-13H,15H2. The van der Waals surface area contributed by atoms with E-state index in [1.807, 2.05) is 78.9 Å². The van der Waals surface area contributed by atoms with E-state index in [4.69, 9.17) is 4.74 Å². The van der Waals surface area contributed by atoms with E-state index in [0.717, 1.165) is 35.9 Å². The summed E-state index contributed by atoms with van der Waals surface area (Å²) in [7, 11) is 0. The van der Waals surface area contributed by atoms with Gasteiger partial charge in [0.2, 0.25) is 0 Å². The lowest BCUT2D eigenvalue weighted by atomic mass is 10.2. The molecule has 0 spiro atoms. The topological polar surface area (TPSA) is 45.9 Å². The van der Waals surface area contributed by atoms with Gasteiger partial charge in [-0.25, -0.2) is 4.98 Å². The highest BCUT2D eigenvalue weighted by Crippen LogP contribution is 2.34. The molecule has 0 amide bonds. The summed E-state index contributed by atoms with van der Waals surface area (Å²) in [5.74, 6) is 0.794. The van der Waals surface area contributed by atoms with Gasteiger partial charge in [0.05, 0.1) is 15.1 Å². The number of benzene rings is 3. The Balaban J connectivity index is 1.42. The second-order valence-corrected chi connectivity index (χ2v) is 9.39. The van der Waals surface area contributed by atoms with Crippen molar-refractivity contribution >= 4 is 55.3 Å². The maximum Gasteiger partial charge on any atom is 0.156 e. The van der Waals surface area contributed by atoms with Crippen LogP contribution in [-0.4, -0.2) is 4.98 Å². The Bertz CT molecular complexity index is 1160. The van der Waals surface area contributed by atoms with Crippen molar-refractivity contribution in [1.29, 1.82) is 5.26 Å². The van der Waals surface area contributed by atoms with Crippen LogP contribution in [0.1, 0.15) is 11.1 Å². The van der Waals surface area contributed by atoms with Crippen LogP contribution in [0.15, 0.2) is 86.5 Å². The number of para-hydroxylation sites is 1. The number of nitrogens with zero attached hydrogens (tertiary/aromatic N) is 2. The summed E-state index contributed by atoms with van der Waals surface area (Å²) in [6.07, 6.45) is 1.87. The molecule has 0 N–H and O–H groups in total. The van der Waals surface area contributed by atoms with Crippen molar-refractivity contribution in [2.75, 3.05) is 0 Å². The van der Waals surface area contributed by atoms with Gasteiger partial charge in [0, 0.05) is 4.47 Å². The van der Waals surface area contributed by atoms with Crippen molar-refractivity contribution in [2.24, 2.45) is 0 Å². The van der Waals surface area contributed by atoms with E-state index >= 15 is 0 Å². The monoisotopic (exact) mass is 478 g/mol. The number of nitriles is 1. The molecule has 0 unspecified atom stereocenters. The van der Waals surface area contributed by atoms with Gasteiger partial charge in [-0.1, -0.05) is 52.3 Å². The van der Waals surface area contributed by atoms with Crippen LogP contribution in [0.4, 0.5) is 0 Å². The zero-order chi connectivity index (χ0) is 20.1. The minimum absolute atomic E-state index is 0.513. The fourth-order valence-electron chi connectivity index (χ4n) is 2.63. The van der Waals surface area contributed by atoms with Crippen molar-refractivity contribution < 1.29 is 4.74 Å². The van der Waals surface area contributed by atoms with Gasteiger partial charge in [-0.15, -0.1) is 11.3 Å². The Labute approximate surface area is 185 Å². The largest absolute Gasteiger partial charge is 0.489 e. The Morgan fingerprint density at radius 3 is 2.55 bits per heavy atom. The number of thiazole rings is 1. The Hall–Kier alpha value is -2.59. The van der Waals surface area contributed by atoms with Crippen LogP contribution in [-0.2, 0) is 6.61 Å². The molecule has 0 aliphatic rings. The van der Waals surface area contributed by atoms with Gasteiger partial charge in [-0.3, -0.25) is 0 Å². The van der Waals surface area contributed by atoms with E-state index in [1.54, 1.807) is 11.3 Å². The van der Waals surface area contributed by atoms with Gasteiger partial charge in [-0.05, 0) is 65.4 Å². The molecule has 0 saturated carbocycles. The zero-order valence-corrected chi connectivity index (χ0v) is 18.4.